The molecule has 17 heavy (non-hydrogen) atoms. The van der Waals surface area contributed by atoms with Gasteiger partial charge in [-0.2, -0.15) is 0 Å². The number of carbonyl (C=O) groups is 1. The third-order valence-electron chi connectivity index (χ3n) is 2.84. The van der Waals surface area contributed by atoms with Crippen LogP contribution in [0.25, 0.3) is 0 Å². The largest absolute Gasteiger partial charge is 0.397 e. The van der Waals surface area contributed by atoms with Crippen molar-refractivity contribution in [3.8, 4) is 0 Å². The maximum absolute atomic E-state index is 11.3. The van der Waals surface area contributed by atoms with E-state index in [4.69, 9.17) is 11.5 Å². The molecule has 94 valence electrons. The minimum atomic E-state index is -0.453. The quantitative estimate of drug-likeness (QED) is 0.662. The molecule has 0 heterocycles. The van der Waals surface area contributed by atoms with Crippen LogP contribution in [-0.2, 0) is 0 Å². The Labute approximate surface area is 102 Å². The van der Waals surface area contributed by atoms with E-state index >= 15 is 0 Å². The van der Waals surface area contributed by atoms with Crippen molar-refractivity contribution in [2.45, 2.75) is 39.2 Å². The molecule has 0 bridgehead atoms. The summed E-state index contributed by atoms with van der Waals surface area (Å²) in [7, 11) is 0. The Morgan fingerprint density at radius 2 is 2.12 bits per heavy atom. The smallest absolute Gasteiger partial charge is 0.250 e. The Bertz CT molecular complexity index is 390. The van der Waals surface area contributed by atoms with Gasteiger partial charge in [0.25, 0.3) is 5.91 Å². The first-order valence-corrected chi connectivity index (χ1v) is 6.04. The molecule has 1 aromatic carbocycles. The number of para-hydroxylation sites is 1. The molecule has 4 heteroatoms. The third-order valence-corrected chi connectivity index (χ3v) is 2.84. The number of primary amides is 1. The van der Waals surface area contributed by atoms with Crippen molar-refractivity contribution in [2.24, 2.45) is 5.73 Å². The summed E-state index contributed by atoms with van der Waals surface area (Å²) in [5.74, 6) is -0.453. The number of nitrogen functional groups attached to an aromatic ring is 1. The normalized spacial score (nSPS) is 12.1. The average Bonchev–Trinajstić information content (AvgIpc) is 2.30. The lowest BCUT2D eigenvalue weighted by Crippen LogP contribution is -2.22. The van der Waals surface area contributed by atoms with Crippen molar-refractivity contribution in [3.05, 3.63) is 23.8 Å². The molecule has 0 aliphatic heterocycles. The molecule has 1 aromatic rings. The minimum absolute atomic E-state index is 0.322. The van der Waals surface area contributed by atoms with E-state index in [1.807, 2.05) is 0 Å². The Balaban J connectivity index is 2.99. The summed E-state index contributed by atoms with van der Waals surface area (Å²) >= 11 is 0. The molecule has 1 rings (SSSR count). The van der Waals surface area contributed by atoms with Gasteiger partial charge in [-0.15, -0.1) is 0 Å². The van der Waals surface area contributed by atoms with Crippen molar-refractivity contribution in [3.63, 3.8) is 0 Å². The molecule has 5 N–H and O–H groups in total. The topological polar surface area (TPSA) is 81.1 Å². The molecule has 0 saturated carbocycles. The SMILES string of the molecule is CCCC(CC)Nc1c(N)cccc1C(N)=O. The van der Waals surface area contributed by atoms with Crippen molar-refractivity contribution >= 4 is 17.3 Å². The van der Waals surface area contributed by atoms with Gasteiger partial charge in [0, 0.05) is 6.04 Å². The number of amides is 1. The number of benzene rings is 1. The van der Waals surface area contributed by atoms with Crippen LogP contribution in [0.4, 0.5) is 11.4 Å². The highest BCUT2D eigenvalue weighted by Crippen LogP contribution is 2.25. The van der Waals surface area contributed by atoms with Crippen LogP contribution in [0.2, 0.25) is 0 Å². The summed E-state index contributed by atoms with van der Waals surface area (Å²) in [5.41, 5.74) is 12.9. The molecule has 0 aliphatic rings. The molecular formula is C13H21N3O. The number of rotatable bonds is 6. The Morgan fingerprint density at radius 3 is 2.65 bits per heavy atom. The second-order valence-electron chi connectivity index (χ2n) is 4.17. The molecule has 1 amide bonds. The monoisotopic (exact) mass is 235 g/mol. The number of anilines is 2. The van der Waals surface area contributed by atoms with Gasteiger partial charge in [0.05, 0.1) is 16.9 Å². The zero-order valence-electron chi connectivity index (χ0n) is 10.5. The summed E-state index contributed by atoms with van der Waals surface area (Å²) in [6.07, 6.45) is 3.12. The molecular weight excluding hydrogens is 214 g/mol. The van der Waals surface area contributed by atoms with E-state index < -0.39 is 5.91 Å². The van der Waals surface area contributed by atoms with Gasteiger partial charge in [-0.3, -0.25) is 4.79 Å². The van der Waals surface area contributed by atoms with E-state index in [0.717, 1.165) is 19.3 Å². The molecule has 0 spiro atoms. The maximum atomic E-state index is 11.3. The molecule has 1 unspecified atom stereocenters. The van der Waals surface area contributed by atoms with Gasteiger partial charge >= 0.3 is 0 Å². The van der Waals surface area contributed by atoms with E-state index in [1.54, 1.807) is 18.2 Å². The third kappa shape index (κ3) is 3.37. The zero-order chi connectivity index (χ0) is 12.8. The average molecular weight is 235 g/mol. The lowest BCUT2D eigenvalue weighted by atomic mass is 10.1. The highest BCUT2D eigenvalue weighted by molar-refractivity contribution is 6.01. The summed E-state index contributed by atoms with van der Waals surface area (Å²) in [5, 5.41) is 3.32. The molecule has 0 aromatic heterocycles. The van der Waals surface area contributed by atoms with Gasteiger partial charge in [-0.25, -0.2) is 0 Å². The number of hydrogen-bond donors (Lipinski definition) is 3. The van der Waals surface area contributed by atoms with Crippen molar-refractivity contribution in [1.82, 2.24) is 0 Å². The first-order chi connectivity index (χ1) is 8.10. The van der Waals surface area contributed by atoms with E-state index in [2.05, 4.69) is 19.2 Å². The number of nitrogens with one attached hydrogen (secondary N) is 1. The van der Waals surface area contributed by atoms with Gasteiger partial charge in [0.15, 0.2) is 0 Å². The first kappa shape index (κ1) is 13.4. The summed E-state index contributed by atoms with van der Waals surface area (Å²) in [6.45, 7) is 4.24. The van der Waals surface area contributed by atoms with Crippen molar-refractivity contribution in [2.75, 3.05) is 11.1 Å². The second kappa shape index (κ2) is 6.13. The molecule has 0 fully saturated rings. The summed E-state index contributed by atoms with van der Waals surface area (Å²) in [4.78, 5) is 11.3. The van der Waals surface area contributed by atoms with Gasteiger partial charge < -0.3 is 16.8 Å². The van der Waals surface area contributed by atoms with Gasteiger partial charge in [-0.1, -0.05) is 26.3 Å². The zero-order valence-corrected chi connectivity index (χ0v) is 10.5. The Hall–Kier alpha value is -1.71. The van der Waals surface area contributed by atoms with Gasteiger partial charge in [-0.05, 0) is 25.0 Å². The first-order valence-electron chi connectivity index (χ1n) is 6.04. The fraction of sp³-hybridized carbons (Fsp3) is 0.462. The second-order valence-corrected chi connectivity index (χ2v) is 4.17. The van der Waals surface area contributed by atoms with Crippen LogP contribution in [0.1, 0.15) is 43.5 Å². The Kier molecular flexibility index (Phi) is 4.82. The van der Waals surface area contributed by atoms with E-state index in [-0.39, 0.29) is 0 Å². The van der Waals surface area contributed by atoms with E-state index in [0.29, 0.717) is 23.0 Å². The van der Waals surface area contributed by atoms with Crippen LogP contribution in [0.15, 0.2) is 18.2 Å². The highest BCUT2D eigenvalue weighted by Gasteiger charge is 2.14. The van der Waals surface area contributed by atoms with E-state index in [9.17, 15) is 4.79 Å². The number of nitrogens with two attached hydrogens (primary N) is 2. The fourth-order valence-corrected chi connectivity index (χ4v) is 1.87. The molecule has 0 radical (unpaired) electrons. The lowest BCUT2D eigenvalue weighted by molar-refractivity contribution is 0.100. The van der Waals surface area contributed by atoms with Crippen LogP contribution in [0.3, 0.4) is 0 Å². The van der Waals surface area contributed by atoms with Crippen LogP contribution in [0.5, 0.6) is 0 Å². The van der Waals surface area contributed by atoms with Crippen LogP contribution in [-0.4, -0.2) is 11.9 Å². The van der Waals surface area contributed by atoms with Crippen molar-refractivity contribution in [1.29, 1.82) is 0 Å². The minimum Gasteiger partial charge on any atom is -0.397 e. The lowest BCUT2D eigenvalue weighted by Gasteiger charge is -2.20. The summed E-state index contributed by atoms with van der Waals surface area (Å²) in [6, 6.07) is 5.52. The molecule has 4 nitrogen and oxygen atoms in total. The van der Waals surface area contributed by atoms with Crippen LogP contribution < -0.4 is 16.8 Å². The van der Waals surface area contributed by atoms with Gasteiger partial charge in [0.2, 0.25) is 0 Å². The van der Waals surface area contributed by atoms with Crippen LogP contribution >= 0.6 is 0 Å². The van der Waals surface area contributed by atoms with Crippen molar-refractivity contribution < 1.29 is 4.79 Å². The predicted octanol–water partition coefficient (Wildman–Crippen LogP) is 2.36. The standard InChI is InChI=1S/C13H21N3O/c1-3-6-9(4-2)16-12-10(13(15)17)7-5-8-11(12)14/h5,7-9,16H,3-4,6,14H2,1-2H3,(H2,15,17). The summed E-state index contributed by atoms with van der Waals surface area (Å²) < 4.78 is 0. The number of hydrogen-bond acceptors (Lipinski definition) is 3. The molecule has 1 atom stereocenters. The Morgan fingerprint density at radius 1 is 1.41 bits per heavy atom. The van der Waals surface area contributed by atoms with E-state index in [1.165, 1.54) is 0 Å². The maximum Gasteiger partial charge on any atom is 0.250 e. The molecule has 0 saturated heterocycles. The predicted molar refractivity (Wildman–Crippen MR) is 72.0 cm³/mol. The fourth-order valence-electron chi connectivity index (χ4n) is 1.87. The highest BCUT2D eigenvalue weighted by atomic mass is 16.1. The van der Waals surface area contributed by atoms with Gasteiger partial charge in [0.1, 0.15) is 0 Å². The van der Waals surface area contributed by atoms with Crippen LogP contribution in [0, 0.1) is 0 Å². The number of carbonyl (C=O) groups excluding carboxylic acids is 1. The molecule has 0 aliphatic carbocycles.